The van der Waals surface area contributed by atoms with E-state index in [1.54, 1.807) is 12.3 Å². The van der Waals surface area contributed by atoms with Gasteiger partial charge >= 0.3 is 0 Å². The van der Waals surface area contributed by atoms with Crippen molar-refractivity contribution in [2.24, 2.45) is 5.10 Å². The molecule has 30 heavy (non-hydrogen) atoms. The molecule has 1 atom stereocenters. The van der Waals surface area contributed by atoms with Crippen LogP contribution in [0.15, 0.2) is 76.4 Å². The number of ether oxygens (including phenoxy) is 1. The number of non-ortho nitro benzene ring substituents is 1. The van der Waals surface area contributed by atoms with Gasteiger partial charge in [-0.15, -0.1) is 0 Å². The Hall–Kier alpha value is -3.94. The fraction of sp³-hybridized carbons (Fsp3) is 0.182. The number of hydrazone groups is 1. The molecule has 0 fully saturated rings. The van der Waals surface area contributed by atoms with Crippen molar-refractivity contribution in [2.75, 3.05) is 6.61 Å². The van der Waals surface area contributed by atoms with Gasteiger partial charge in [-0.1, -0.05) is 29.8 Å². The predicted molar refractivity (Wildman–Crippen MR) is 109 cm³/mol. The van der Waals surface area contributed by atoms with Crippen LogP contribution in [0.2, 0.25) is 0 Å². The number of benzene rings is 2. The smallest absolute Gasteiger partial charge is 0.281 e. The van der Waals surface area contributed by atoms with Crippen molar-refractivity contribution in [1.29, 1.82) is 0 Å². The third-order valence-corrected chi connectivity index (χ3v) is 4.83. The molecular formula is C22H19N3O5. The second kappa shape index (κ2) is 8.20. The number of nitro benzene ring substituents is 1. The van der Waals surface area contributed by atoms with Crippen LogP contribution in [-0.4, -0.2) is 28.2 Å². The quantitative estimate of drug-likeness (QED) is 0.451. The van der Waals surface area contributed by atoms with Gasteiger partial charge in [-0.05, 0) is 36.8 Å². The second-order valence-corrected chi connectivity index (χ2v) is 6.93. The Morgan fingerprint density at radius 2 is 1.93 bits per heavy atom. The molecule has 1 amide bonds. The number of carbonyl (C=O) groups is 1. The van der Waals surface area contributed by atoms with Crippen molar-refractivity contribution in [3.63, 3.8) is 0 Å². The van der Waals surface area contributed by atoms with E-state index in [2.05, 4.69) is 5.10 Å². The Labute approximate surface area is 172 Å². The molecule has 0 radical (unpaired) electrons. The van der Waals surface area contributed by atoms with Crippen molar-refractivity contribution in [1.82, 2.24) is 5.01 Å². The number of hydrogen-bond acceptors (Lipinski definition) is 6. The number of carbonyl (C=O) groups excluding carboxylic acids is 1. The van der Waals surface area contributed by atoms with Gasteiger partial charge in [0.25, 0.3) is 11.6 Å². The van der Waals surface area contributed by atoms with Crippen LogP contribution in [0, 0.1) is 17.0 Å². The highest BCUT2D eigenvalue weighted by molar-refractivity contribution is 6.03. The average Bonchev–Trinajstić information content (AvgIpc) is 3.43. The first-order chi connectivity index (χ1) is 14.5. The minimum absolute atomic E-state index is 0.0431. The lowest BCUT2D eigenvalue weighted by Crippen LogP contribution is -2.31. The third-order valence-electron chi connectivity index (χ3n) is 4.83. The Morgan fingerprint density at radius 3 is 2.57 bits per heavy atom. The number of furan rings is 1. The molecule has 3 aromatic rings. The molecule has 1 aromatic heterocycles. The van der Waals surface area contributed by atoms with Crippen molar-refractivity contribution < 1.29 is 18.9 Å². The Kier molecular flexibility index (Phi) is 5.30. The summed E-state index contributed by atoms with van der Waals surface area (Å²) in [6.07, 6.45) is 2.09. The number of nitrogens with zero attached hydrogens (tertiary/aromatic N) is 3. The Bertz CT molecular complexity index is 1070. The number of aryl methyl sites for hydroxylation is 1. The van der Waals surface area contributed by atoms with E-state index in [0.717, 1.165) is 16.8 Å². The molecule has 0 aliphatic carbocycles. The first kappa shape index (κ1) is 19.4. The zero-order valence-corrected chi connectivity index (χ0v) is 16.2. The zero-order valence-electron chi connectivity index (χ0n) is 16.2. The van der Waals surface area contributed by atoms with Crippen LogP contribution >= 0.6 is 0 Å². The highest BCUT2D eigenvalue weighted by atomic mass is 16.6. The van der Waals surface area contributed by atoms with Gasteiger partial charge in [-0.3, -0.25) is 14.9 Å². The van der Waals surface area contributed by atoms with Crippen molar-refractivity contribution in [2.45, 2.75) is 19.4 Å². The maximum absolute atomic E-state index is 12.9. The first-order valence-corrected chi connectivity index (χ1v) is 9.38. The summed E-state index contributed by atoms with van der Waals surface area (Å²) in [5.74, 6) is 0.673. The van der Waals surface area contributed by atoms with Crippen LogP contribution in [0.3, 0.4) is 0 Å². The summed E-state index contributed by atoms with van der Waals surface area (Å²) in [6.45, 7) is 1.76. The summed E-state index contributed by atoms with van der Waals surface area (Å²) in [6, 6.07) is 16.8. The predicted octanol–water partition coefficient (Wildman–Crippen LogP) is 4.25. The molecule has 0 saturated heterocycles. The first-order valence-electron chi connectivity index (χ1n) is 9.38. The van der Waals surface area contributed by atoms with E-state index in [-0.39, 0.29) is 24.2 Å². The number of nitro groups is 1. The Balaban J connectivity index is 1.51. The van der Waals surface area contributed by atoms with Gasteiger partial charge in [-0.25, -0.2) is 5.01 Å². The van der Waals surface area contributed by atoms with E-state index in [9.17, 15) is 14.9 Å². The summed E-state index contributed by atoms with van der Waals surface area (Å²) in [7, 11) is 0. The average molecular weight is 405 g/mol. The fourth-order valence-corrected chi connectivity index (χ4v) is 3.24. The molecule has 152 valence electrons. The molecule has 2 aromatic carbocycles. The van der Waals surface area contributed by atoms with Crippen LogP contribution < -0.4 is 4.74 Å². The van der Waals surface area contributed by atoms with Gasteiger partial charge < -0.3 is 9.15 Å². The van der Waals surface area contributed by atoms with Gasteiger partial charge in [0.1, 0.15) is 17.6 Å². The highest BCUT2D eigenvalue weighted by Gasteiger charge is 2.35. The molecule has 0 saturated carbocycles. The van der Waals surface area contributed by atoms with E-state index in [1.807, 2.05) is 37.3 Å². The van der Waals surface area contributed by atoms with Crippen molar-refractivity contribution >= 4 is 17.3 Å². The van der Waals surface area contributed by atoms with E-state index >= 15 is 0 Å². The van der Waals surface area contributed by atoms with Gasteiger partial charge in [0.05, 0.1) is 16.9 Å². The summed E-state index contributed by atoms with van der Waals surface area (Å²) < 4.78 is 11.1. The van der Waals surface area contributed by atoms with Gasteiger partial charge in [-0.2, -0.15) is 5.10 Å². The van der Waals surface area contributed by atoms with E-state index in [0.29, 0.717) is 17.9 Å². The molecule has 8 heteroatoms. The van der Waals surface area contributed by atoms with Crippen LogP contribution in [0.5, 0.6) is 5.75 Å². The molecule has 0 bridgehead atoms. The van der Waals surface area contributed by atoms with Crippen molar-refractivity contribution in [3.8, 4) is 5.75 Å². The molecule has 0 spiro atoms. The summed E-state index contributed by atoms with van der Waals surface area (Å²) in [4.78, 5) is 23.1. The maximum atomic E-state index is 12.9. The summed E-state index contributed by atoms with van der Waals surface area (Å²) >= 11 is 0. The largest absolute Gasteiger partial charge is 0.484 e. The lowest BCUT2D eigenvalue weighted by Gasteiger charge is -2.19. The standard InChI is InChI=1S/C22H19N3O5/c1-15-4-6-16(7-5-15)19-13-20(21-3-2-12-29-21)24(23-19)22(26)14-30-18-10-8-17(9-11-18)25(27)28/h2-12,20H,13-14H2,1H3. The van der Waals surface area contributed by atoms with E-state index < -0.39 is 4.92 Å². The lowest BCUT2D eigenvalue weighted by molar-refractivity contribution is -0.384. The molecule has 4 rings (SSSR count). The van der Waals surface area contributed by atoms with Crippen LogP contribution in [0.4, 0.5) is 5.69 Å². The molecule has 1 aliphatic rings. The van der Waals surface area contributed by atoms with Crippen LogP contribution in [0.25, 0.3) is 0 Å². The lowest BCUT2D eigenvalue weighted by atomic mass is 10.0. The SMILES string of the molecule is Cc1ccc(C2=NN(C(=O)COc3ccc([N+](=O)[O-])cc3)C(c3ccco3)C2)cc1. The number of hydrogen-bond donors (Lipinski definition) is 0. The number of rotatable bonds is 6. The van der Waals surface area contributed by atoms with Gasteiger partial charge in [0.15, 0.2) is 6.61 Å². The zero-order chi connectivity index (χ0) is 21.1. The van der Waals surface area contributed by atoms with Crippen LogP contribution in [-0.2, 0) is 4.79 Å². The Morgan fingerprint density at radius 1 is 1.20 bits per heavy atom. The molecule has 8 nitrogen and oxygen atoms in total. The highest BCUT2D eigenvalue weighted by Crippen LogP contribution is 2.33. The number of amides is 1. The topological polar surface area (TPSA) is 98.2 Å². The molecule has 1 aliphatic heterocycles. The van der Waals surface area contributed by atoms with Gasteiger partial charge in [0.2, 0.25) is 0 Å². The maximum Gasteiger partial charge on any atom is 0.281 e. The van der Waals surface area contributed by atoms with Crippen LogP contribution in [0.1, 0.15) is 29.3 Å². The van der Waals surface area contributed by atoms with E-state index in [1.165, 1.54) is 29.3 Å². The fourth-order valence-electron chi connectivity index (χ4n) is 3.24. The normalized spacial score (nSPS) is 15.7. The third kappa shape index (κ3) is 4.07. The molecule has 0 N–H and O–H groups in total. The molecule has 1 unspecified atom stereocenters. The summed E-state index contributed by atoms with van der Waals surface area (Å²) in [5, 5.41) is 16.7. The van der Waals surface area contributed by atoms with Crippen molar-refractivity contribution in [3.05, 3.63) is 93.9 Å². The van der Waals surface area contributed by atoms with Gasteiger partial charge in [0, 0.05) is 18.6 Å². The minimum atomic E-state index is -0.492. The second-order valence-electron chi connectivity index (χ2n) is 6.93. The molecular weight excluding hydrogens is 386 g/mol. The monoisotopic (exact) mass is 405 g/mol. The summed E-state index contributed by atoms with van der Waals surface area (Å²) in [5.41, 5.74) is 2.84. The minimum Gasteiger partial charge on any atom is -0.484 e. The molecule has 2 heterocycles. The van der Waals surface area contributed by atoms with E-state index in [4.69, 9.17) is 9.15 Å².